The number of unbranched alkanes of at least 4 members (excludes halogenated alkanes) is 1. The number of esters is 1. The van der Waals surface area contributed by atoms with Gasteiger partial charge in [0.2, 0.25) is 0 Å². The molecule has 2 N–H and O–H groups in total. The van der Waals surface area contributed by atoms with E-state index in [2.05, 4.69) is 15.6 Å². The second-order valence-corrected chi connectivity index (χ2v) is 7.92. The number of carbonyl (C=O) groups is 3. The van der Waals surface area contributed by atoms with Crippen molar-refractivity contribution in [2.45, 2.75) is 58.1 Å². The van der Waals surface area contributed by atoms with Crippen molar-refractivity contribution in [3.63, 3.8) is 0 Å². The number of anilines is 1. The van der Waals surface area contributed by atoms with Crippen LogP contribution in [0.3, 0.4) is 0 Å². The summed E-state index contributed by atoms with van der Waals surface area (Å²) in [6.07, 6.45) is 4.06. The van der Waals surface area contributed by atoms with E-state index in [0.29, 0.717) is 25.3 Å². The number of rotatable bonds is 7. The largest absolute Gasteiger partial charge is 0.464 e. The van der Waals surface area contributed by atoms with E-state index in [1.54, 1.807) is 20.8 Å². The van der Waals surface area contributed by atoms with Crippen molar-refractivity contribution >= 4 is 23.7 Å². The summed E-state index contributed by atoms with van der Waals surface area (Å²) in [5, 5.41) is 5.27. The van der Waals surface area contributed by atoms with Crippen LogP contribution in [0.25, 0.3) is 0 Å². The van der Waals surface area contributed by atoms with E-state index in [9.17, 15) is 14.4 Å². The zero-order chi connectivity index (χ0) is 21.5. The number of nitrogens with one attached hydrogen (secondary N) is 2. The summed E-state index contributed by atoms with van der Waals surface area (Å²) in [4.78, 5) is 41.2. The highest BCUT2D eigenvalue weighted by molar-refractivity contribution is 5.99. The maximum Gasteiger partial charge on any atom is 0.412 e. The molecule has 1 aliphatic heterocycles. The molecule has 0 spiro atoms. The van der Waals surface area contributed by atoms with E-state index < -0.39 is 29.1 Å². The second-order valence-electron chi connectivity index (χ2n) is 7.92. The summed E-state index contributed by atoms with van der Waals surface area (Å²) in [5.41, 5.74) is -1.39. The van der Waals surface area contributed by atoms with Gasteiger partial charge in [-0.2, -0.15) is 0 Å². The maximum atomic E-state index is 12.7. The third kappa shape index (κ3) is 6.70. The first-order valence-corrected chi connectivity index (χ1v) is 9.68. The Labute approximate surface area is 170 Å². The van der Waals surface area contributed by atoms with Gasteiger partial charge in [0.1, 0.15) is 5.60 Å². The summed E-state index contributed by atoms with van der Waals surface area (Å²) in [7, 11) is 0. The lowest BCUT2D eigenvalue weighted by atomic mass is 9.98. The molecule has 1 saturated heterocycles. The minimum absolute atomic E-state index is 0.0486. The van der Waals surface area contributed by atoms with E-state index in [0.717, 1.165) is 12.8 Å². The fourth-order valence-corrected chi connectivity index (χ4v) is 2.67. The third-order valence-corrected chi connectivity index (χ3v) is 4.14. The summed E-state index contributed by atoms with van der Waals surface area (Å²) >= 11 is 0. The van der Waals surface area contributed by atoms with Crippen molar-refractivity contribution in [1.29, 1.82) is 0 Å². The van der Waals surface area contributed by atoms with Gasteiger partial charge in [-0.3, -0.25) is 15.1 Å². The van der Waals surface area contributed by atoms with Crippen LogP contribution in [0.4, 0.5) is 10.5 Å². The van der Waals surface area contributed by atoms with Crippen LogP contribution < -0.4 is 10.6 Å². The number of carbonyl (C=O) groups excluding carboxylic acids is 3. The molecule has 1 aromatic rings. The van der Waals surface area contributed by atoms with E-state index >= 15 is 0 Å². The molecule has 2 rings (SSSR count). The lowest BCUT2D eigenvalue weighted by molar-refractivity contribution is -0.151. The summed E-state index contributed by atoms with van der Waals surface area (Å²) < 4.78 is 15.8. The lowest BCUT2D eigenvalue weighted by Crippen LogP contribution is -2.56. The van der Waals surface area contributed by atoms with Gasteiger partial charge in [-0.25, -0.2) is 9.59 Å². The van der Waals surface area contributed by atoms with Crippen molar-refractivity contribution in [2.75, 3.05) is 25.1 Å². The van der Waals surface area contributed by atoms with Crippen molar-refractivity contribution in [2.24, 2.45) is 0 Å². The van der Waals surface area contributed by atoms with Crippen LogP contribution in [0.5, 0.6) is 0 Å². The first-order chi connectivity index (χ1) is 13.6. The Balaban J connectivity index is 2.07. The SMILES string of the molecule is CCCCOC(=O)C1(NC(=O)c2cncc(NC(=O)OC(C)(C)C)c2)CCOC1. The van der Waals surface area contributed by atoms with Gasteiger partial charge < -0.3 is 19.5 Å². The van der Waals surface area contributed by atoms with E-state index in [1.165, 1.54) is 18.5 Å². The highest BCUT2D eigenvalue weighted by Crippen LogP contribution is 2.22. The molecule has 1 fully saturated rings. The molecule has 160 valence electrons. The standard InChI is InChI=1S/C20H29N3O6/c1-5-6-8-28-17(25)20(7-9-27-13-20)23-16(24)14-10-15(12-21-11-14)22-18(26)29-19(2,3)4/h10-12H,5-9,13H2,1-4H3,(H,22,26)(H,23,24). The molecule has 2 heterocycles. The average molecular weight is 407 g/mol. The summed E-state index contributed by atoms with van der Waals surface area (Å²) in [5.74, 6) is -1.02. The first-order valence-electron chi connectivity index (χ1n) is 9.68. The molecule has 1 unspecified atom stereocenters. The molecule has 29 heavy (non-hydrogen) atoms. The zero-order valence-corrected chi connectivity index (χ0v) is 17.4. The number of hydrogen-bond acceptors (Lipinski definition) is 7. The van der Waals surface area contributed by atoms with E-state index in [-0.39, 0.29) is 12.2 Å². The predicted octanol–water partition coefficient (Wildman–Crippen LogP) is 2.66. The molecular formula is C20H29N3O6. The van der Waals surface area contributed by atoms with Gasteiger partial charge in [0.05, 0.1) is 30.7 Å². The quantitative estimate of drug-likeness (QED) is 0.527. The zero-order valence-electron chi connectivity index (χ0n) is 17.4. The minimum Gasteiger partial charge on any atom is -0.464 e. The van der Waals surface area contributed by atoms with Crippen LogP contribution >= 0.6 is 0 Å². The van der Waals surface area contributed by atoms with Gasteiger partial charge in [-0.15, -0.1) is 0 Å². The minimum atomic E-state index is -1.22. The summed E-state index contributed by atoms with van der Waals surface area (Å²) in [6.45, 7) is 7.93. The Morgan fingerprint density at radius 2 is 2.03 bits per heavy atom. The van der Waals surface area contributed by atoms with Gasteiger partial charge in [0.15, 0.2) is 5.54 Å². The topological polar surface area (TPSA) is 116 Å². The van der Waals surface area contributed by atoms with Gasteiger partial charge in [-0.1, -0.05) is 13.3 Å². The van der Waals surface area contributed by atoms with Crippen LogP contribution in [-0.2, 0) is 19.0 Å². The van der Waals surface area contributed by atoms with Crippen LogP contribution in [0.15, 0.2) is 18.5 Å². The van der Waals surface area contributed by atoms with Crippen LogP contribution in [0.1, 0.15) is 57.3 Å². The van der Waals surface area contributed by atoms with Crippen molar-refractivity contribution in [3.8, 4) is 0 Å². The number of hydrogen-bond donors (Lipinski definition) is 2. The predicted molar refractivity (Wildman–Crippen MR) is 106 cm³/mol. The number of nitrogens with zero attached hydrogens (tertiary/aromatic N) is 1. The Morgan fingerprint density at radius 1 is 1.28 bits per heavy atom. The molecule has 2 amide bonds. The lowest BCUT2D eigenvalue weighted by Gasteiger charge is -2.26. The molecule has 1 aliphatic rings. The van der Waals surface area contributed by atoms with Crippen molar-refractivity contribution in [3.05, 3.63) is 24.0 Å². The van der Waals surface area contributed by atoms with Crippen molar-refractivity contribution < 1.29 is 28.6 Å². The third-order valence-electron chi connectivity index (χ3n) is 4.14. The molecule has 9 heteroatoms. The Morgan fingerprint density at radius 3 is 2.66 bits per heavy atom. The van der Waals surface area contributed by atoms with E-state index in [4.69, 9.17) is 14.2 Å². The molecule has 0 radical (unpaired) electrons. The Hall–Kier alpha value is -2.68. The van der Waals surface area contributed by atoms with Gasteiger partial charge in [0, 0.05) is 19.2 Å². The van der Waals surface area contributed by atoms with Gasteiger partial charge in [-0.05, 0) is 33.3 Å². The number of amides is 2. The van der Waals surface area contributed by atoms with Crippen LogP contribution in [0.2, 0.25) is 0 Å². The molecule has 1 aromatic heterocycles. The monoisotopic (exact) mass is 407 g/mol. The number of aromatic nitrogens is 1. The second kappa shape index (κ2) is 9.69. The Kier molecular flexibility index (Phi) is 7.55. The molecule has 1 atom stereocenters. The fraction of sp³-hybridized carbons (Fsp3) is 0.600. The molecule has 0 aromatic carbocycles. The van der Waals surface area contributed by atoms with Gasteiger partial charge in [0.25, 0.3) is 5.91 Å². The molecule has 0 bridgehead atoms. The van der Waals surface area contributed by atoms with Crippen LogP contribution in [-0.4, -0.2) is 53.9 Å². The molecule has 0 saturated carbocycles. The Bertz CT molecular complexity index is 738. The number of ether oxygens (including phenoxy) is 3. The highest BCUT2D eigenvalue weighted by atomic mass is 16.6. The molecule has 9 nitrogen and oxygen atoms in total. The average Bonchev–Trinajstić information content (AvgIpc) is 3.10. The van der Waals surface area contributed by atoms with Crippen LogP contribution in [0, 0.1) is 0 Å². The number of pyridine rings is 1. The highest BCUT2D eigenvalue weighted by Gasteiger charge is 2.45. The van der Waals surface area contributed by atoms with Crippen molar-refractivity contribution in [1.82, 2.24) is 10.3 Å². The normalized spacial score (nSPS) is 18.8. The van der Waals surface area contributed by atoms with E-state index in [1.807, 2.05) is 6.92 Å². The maximum absolute atomic E-state index is 12.7. The van der Waals surface area contributed by atoms with Gasteiger partial charge >= 0.3 is 12.1 Å². The fourth-order valence-electron chi connectivity index (χ4n) is 2.67. The molecular weight excluding hydrogens is 378 g/mol. The summed E-state index contributed by atoms with van der Waals surface area (Å²) in [6, 6.07) is 1.46. The smallest absolute Gasteiger partial charge is 0.412 e. The first kappa shape index (κ1) is 22.6. The molecule has 0 aliphatic carbocycles.